The average molecular weight is 492 g/mol. The van der Waals surface area contributed by atoms with E-state index in [1.165, 1.54) is 17.2 Å². The molecule has 2 aromatic carbocycles. The van der Waals surface area contributed by atoms with Crippen molar-refractivity contribution in [1.82, 2.24) is 10.2 Å². The van der Waals surface area contributed by atoms with Gasteiger partial charge in [0.05, 0.1) is 18.8 Å². The number of nitrogens with zero attached hydrogens (tertiary/aromatic N) is 1. The summed E-state index contributed by atoms with van der Waals surface area (Å²) in [6.45, 7) is 5.23. The van der Waals surface area contributed by atoms with Gasteiger partial charge in [-0.15, -0.1) is 24.8 Å². The highest BCUT2D eigenvalue weighted by molar-refractivity contribution is 9.10. The van der Waals surface area contributed by atoms with Gasteiger partial charge in [0.2, 0.25) is 0 Å². The maximum Gasteiger partial charge on any atom is 0.124 e. The lowest BCUT2D eigenvalue weighted by atomic mass is 9.93. The zero-order valence-electron chi connectivity index (χ0n) is 15.6. The summed E-state index contributed by atoms with van der Waals surface area (Å²) in [5.41, 5.74) is 3.74. The largest absolute Gasteiger partial charge is 0.375 e. The van der Waals surface area contributed by atoms with Crippen LogP contribution >= 0.6 is 40.7 Å². The van der Waals surface area contributed by atoms with Gasteiger partial charge in [0.25, 0.3) is 0 Å². The Hall–Kier alpha value is -0.690. The number of fused-ring (bicyclic) bond motifs is 1. The summed E-state index contributed by atoms with van der Waals surface area (Å²) in [6.07, 6.45) is 2.05. The summed E-state index contributed by atoms with van der Waals surface area (Å²) in [7, 11) is 0. The van der Waals surface area contributed by atoms with Crippen LogP contribution in [0, 0.1) is 5.82 Å². The number of piperazine rings is 1. The second-order valence-electron chi connectivity index (χ2n) is 7.35. The molecule has 1 saturated heterocycles. The van der Waals surface area contributed by atoms with Gasteiger partial charge in [-0.2, -0.15) is 0 Å². The summed E-state index contributed by atoms with van der Waals surface area (Å²) >= 11 is 3.35. The lowest BCUT2D eigenvalue weighted by Crippen LogP contribution is -2.59. The Balaban J connectivity index is 0.00000140. The van der Waals surface area contributed by atoms with Gasteiger partial charge >= 0.3 is 0 Å². The molecule has 1 fully saturated rings. The van der Waals surface area contributed by atoms with Crippen molar-refractivity contribution in [3.05, 3.63) is 69.4 Å². The normalized spacial score (nSPS) is 18.1. The zero-order valence-corrected chi connectivity index (χ0v) is 18.8. The van der Waals surface area contributed by atoms with Crippen molar-refractivity contribution in [2.75, 3.05) is 32.8 Å². The minimum atomic E-state index is -0.233. The average Bonchev–Trinajstić information content (AvgIpc) is 3.01. The first-order valence-electron chi connectivity index (χ1n) is 9.20. The van der Waals surface area contributed by atoms with E-state index >= 15 is 0 Å². The van der Waals surface area contributed by atoms with Gasteiger partial charge in [-0.1, -0.05) is 40.2 Å². The Morgan fingerprint density at radius 3 is 2.29 bits per heavy atom. The van der Waals surface area contributed by atoms with E-state index in [9.17, 15) is 4.39 Å². The number of hydrogen-bond donors (Lipinski definition) is 1. The summed E-state index contributed by atoms with van der Waals surface area (Å²) in [5.74, 6) is -0.233. The molecule has 1 aliphatic carbocycles. The predicted molar refractivity (Wildman–Crippen MR) is 119 cm³/mol. The van der Waals surface area contributed by atoms with Crippen LogP contribution in [0.1, 0.15) is 16.7 Å². The van der Waals surface area contributed by atoms with Gasteiger partial charge in [-0.05, 0) is 47.7 Å². The summed E-state index contributed by atoms with van der Waals surface area (Å²) in [4.78, 5) is 2.59. The van der Waals surface area contributed by atoms with Crippen molar-refractivity contribution in [2.24, 2.45) is 0 Å². The van der Waals surface area contributed by atoms with Gasteiger partial charge in [-0.3, -0.25) is 4.90 Å². The second kappa shape index (κ2) is 10.4. The molecule has 1 aliphatic heterocycles. The maximum absolute atomic E-state index is 13.6. The predicted octanol–water partition coefficient (Wildman–Crippen LogP) is 4.39. The third kappa shape index (κ3) is 5.26. The van der Waals surface area contributed by atoms with Crippen LogP contribution in [-0.2, 0) is 24.2 Å². The zero-order chi connectivity index (χ0) is 18.0. The number of ether oxygens (including phenoxy) is 1. The first-order chi connectivity index (χ1) is 12.6. The number of hydrogen-bond acceptors (Lipinski definition) is 3. The highest BCUT2D eigenvalue weighted by atomic mass is 79.9. The molecule has 28 heavy (non-hydrogen) atoms. The van der Waals surface area contributed by atoms with Gasteiger partial charge in [0.1, 0.15) is 5.82 Å². The van der Waals surface area contributed by atoms with Crippen molar-refractivity contribution in [3.8, 4) is 0 Å². The molecule has 154 valence electrons. The summed E-state index contributed by atoms with van der Waals surface area (Å²) in [5, 5.41) is 3.44. The van der Waals surface area contributed by atoms with E-state index in [-0.39, 0.29) is 36.2 Å². The SMILES string of the molecule is Cl.Cl.Fc1cc(Br)cc(COCC2(N3CCNCC3)Cc3ccccc3C2)c1. The van der Waals surface area contributed by atoms with Crippen LogP contribution in [-0.4, -0.2) is 43.2 Å². The molecule has 0 amide bonds. The molecule has 0 saturated carbocycles. The molecule has 1 heterocycles. The molecule has 0 unspecified atom stereocenters. The van der Waals surface area contributed by atoms with Crippen LogP contribution in [0.25, 0.3) is 0 Å². The fourth-order valence-electron chi connectivity index (χ4n) is 4.28. The first-order valence-corrected chi connectivity index (χ1v) is 9.99. The molecular formula is C21H26BrCl2FN2O. The quantitative estimate of drug-likeness (QED) is 0.671. The molecule has 3 nitrogen and oxygen atoms in total. The van der Waals surface area contributed by atoms with Crippen LogP contribution in [0.15, 0.2) is 46.9 Å². The highest BCUT2D eigenvalue weighted by Crippen LogP contribution is 2.35. The fourth-order valence-corrected chi connectivity index (χ4v) is 4.80. The number of rotatable bonds is 5. The van der Waals surface area contributed by atoms with Crippen LogP contribution < -0.4 is 5.32 Å². The molecule has 0 radical (unpaired) electrons. The number of halogens is 4. The van der Waals surface area contributed by atoms with Gasteiger partial charge in [0, 0.05) is 30.7 Å². The Morgan fingerprint density at radius 1 is 1.04 bits per heavy atom. The van der Waals surface area contributed by atoms with E-state index in [2.05, 4.69) is 50.4 Å². The van der Waals surface area contributed by atoms with Gasteiger partial charge < -0.3 is 10.1 Å². The molecule has 0 aromatic heterocycles. The molecule has 2 aliphatic rings. The minimum Gasteiger partial charge on any atom is -0.375 e. The molecule has 0 bridgehead atoms. The lowest BCUT2D eigenvalue weighted by molar-refractivity contribution is -0.0159. The van der Waals surface area contributed by atoms with E-state index in [1.807, 2.05) is 6.07 Å². The fraction of sp³-hybridized carbons (Fsp3) is 0.429. The first kappa shape index (κ1) is 23.6. The van der Waals surface area contributed by atoms with Crippen LogP contribution in [0.3, 0.4) is 0 Å². The standard InChI is InChI=1S/C21H24BrFN2O.2ClH/c22-19-9-16(10-20(23)11-19)14-26-15-21(25-7-5-24-6-8-25)12-17-3-1-2-4-18(17)13-21;;/h1-4,9-11,24H,5-8,12-15H2;2*1H. The third-order valence-electron chi connectivity index (χ3n) is 5.51. The van der Waals surface area contributed by atoms with E-state index in [4.69, 9.17) is 4.74 Å². The van der Waals surface area contributed by atoms with Crippen molar-refractivity contribution in [3.63, 3.8) is 0 Å². The van der Waals surface area contributed by atoms with Crippen molar-refractivity contribution < 1.29 is 9.13 Å². The Kier molecular flexibility index (Phi) is 8.74. The summed E-state index contributed by atoms with van der Waals surface area (Å²) in [6, 6.07) is 13.7. The van der Waals surface area contributed by atoms with Gasteiger partial charge in [-0.25, -0.2) is 4.39 Å². The Bertz CT molecular complexity index is 742. The highest BCUT2D eigenvalue weighted by Gasteiger charge is 2.42. The second-order valence-corrected chi connectivity index (χ2v) is 8.27. The van der Waals surface area contributed by atoms with Crippen LogP contribution in [0.4, 0.5) is 4.39 Å². The molecule has 2 aromatic rings. The van der Waals surface area contributed by atoms with Crippen LogP contribution in [0.5, 0.6) is 0 Å². The Labute approximate surface area is 187 Å². The van der Waals surface area contributed by atoms with Crippen molar-refractivity contribution >= 4 is 40.7 Å². The number of nitrogens with one attached hydrogen (secondary N) is 1. The van der Waals surface area contributed by atoms with E-state index in [0.717, 1.165) is 49.1 Å². The van der Waals surface area contributed by atoms with E-state index < -0.39 is 0 Å². The molecule has 7 heteroatoms. The smallest absolute Gasteiger partial charge is 0.124 e. The molecule has 0 spiro atoms. The molecular weight excluding hydrogens is 466 g/mol. The monoisotopic (exact) mass is 490 g/mol. The van der Waals surface area contributed by atoms with Crippen LogP contribution in [0.2, 0.25) is 0 Å². The minimum absolute atomic E-state index is 0. The maximum atomic E-state index is 13.6. The molecule has 0 atom stereocenters. The third-order valence-corrected chi connectivity index (χ3v) is 5.96. The van der Waals surface area contributed by atoms with Crippen molar-refractivity contribution in [2.45, 2.75) is 25.0 Å². The topological polar surface area (TPSA) is 24.5 Å². The van der Waals surface area contributed by atoms with E-state index in [1.54, 1.807) is 6.07 Å². The molecule has 1 N–H and O–H groups in total. The molecule has 4 rings (SSSR count). The lowest BCUT2D eigenvalue weighted by Gasteiger charge is -2.43. The summed E-state index contributed by atoms with van der Waals surface area (Å²) < 4.78 is 20.5. The Morgan fingerprint density at radius 2 is 1.68 bits per heavy atom. The number of benzene rings is 2. The van der Waals surface area contributed by atoms with Gasteiger partial charge in [0.15, 0.2) is 0 Å². The van der Waals surface area contributed by atoms with E-state index in [0.29, 0.717) is 13.2 Å². The van der Waals surface area contributed by atoms with Crippen molar-refractivity contribution in [1.29, 1.82) is 0 Å².